The van der Waals surface area contributed by atoms with Crippen LogP contribution in [0.1, 0.15) is 43.2 Å². The van der Waals surface area contributed by atoms with Gasteiger partial charge in [-0.1, -0.05) is 60.1 Å². The molecule has 2 aromatic carbocycles. The molecule has 4 nitrogen and oxygen atoms in total. The van der Waals surface area contributed by atoms with Crippen molar-refractivity contribution in [3.8, 4) is 0 Å². The van der Waals surface area contributed by atoms with E-state index in [0.717, 1.165) is 30.8 Å². The lowest BCUT2D eigenvalue weighted by atomic mass is 9.70. The Hall–Kier alpha value is -2.44. The van der Waals surface area contributed by atoms with Crippen molar-refractivity contribution >= 4 is 48.8 Å². The van der Waals surface area contributed by atoms with Crippen LogP contribution in [-0.2, 0) is 9.53 Å². The van der Waals surface area contributed by atoms with Crippen LogP contribution in [0.25, 0.3) is 15.8 Å². The zero-order valence-electron chi connectivity index (χ0n) is 16.7. The number of hydrogen-bond acceptors (Lipinski definition) is 5. The Bertz CT molecular complexity index is 1220. The largest absolute Gasteiger partial charge is 0.445 e. The minimum absolute atomic E-state index is 0.119. The highest BCUT2D eigenvalue weighted by Gasteiger charge is 2.44. The second kappa shape index (κ2) is 7.06. The second-order valence-corrected chi connectivity index (χ2v) is 10.5. The normalized spacial score (nSPS) is 21.0. The van der Waals surface area contributed by atoms with Crippen molar-refractivity contribution in [1.82, 2.24) is 4.98 Å². The molecule has 0 saturated carbocycles. The summed E-state index contributed by atoms with van der Waals surface area (Å²) in [5.74, 6) is 0.833. The van der Waals surface area contributed by atoms with Gasteiger partial charge in [0.05, 0.1) is 21.7 Å². The Morgan fingerprint density at radius 2 is 1.83 bits per heavy atom. The highest BCUT2D eigenvalue weighted by atomic mass is 79.9. The van der Waals surface area contributed by atoms with Crippen molar-refractivity contribution < 1.29 is 9.53 Å². The van der Waals surface area contributed by atoms with Gasteiger partial charge in [-0.15, -0.1) is 11.3 Å². The first-order valence-corrected chi connectivity index (χ1v) is 11.5. The summed E-state index contributed by atoms with van der Waals surface area (Å²) in [6.45, 7) is 4.18. The van der Waals surface area contributed by atoms with Gasteiger partial charge < -0.3 is 10.5 Å². The number of ketones is 1. The van der Waals surface area contributed by atoms with E-state index >= 15 is 0 Å². The second-order valence-electron chi connectivity index (χ2n) is 8.60. The maximum Gasteiger partial charge on any atom is 0.197 e. The van der Waals surface area contributed by atoms with Crippen LogP contribution in [-0.4, -0.2) is 10.8 Å². The molecule has 3 aromatic rings. The number of thiazole rings is 1. The third kappa shape index (κ3) is 3.19. The van der Waals surface area contributed by atoms with E-state index in [4.69, 9.17) is 15.5 Å². The highest BCUT2D eigenvalue weighted by molar-refractivity contribution is 9.10. The monoisotopic (exact) mass is 480 g/mol. The summed E-state index contributed by atoms with van der Waals surface area (Å²) >= 11 is 5.26. The van der Waals surface area contributed by atoms with Crippen LogP contribution in [0, 0.1) is 5.41 Å². The summed E-state index contributed by atoms with van der Waals surface area (Å²) in [6.07, 6.45) is 1.17. The van der Waals surface area contributed by atoms with Crippen molar-refractivity contribution in [3.05, 3.63) is 80.8 Å². The highest BCUT2D eigenvalue weighted by Crippen LogP contribution is 2.52. The molecule has 1 aromatic heterocycles. The zero-order chi connectivity index (χ0) is 21.0. The van der Waals surface area contributed by atoms with Crippen LogP contribution in [0.4, 0.5) is 0 Å². The summed E-state index contributed by atoms with van der Waals surface area (Å²) in [4.78, 5) is 18.2. The van der Waals surface area contributed by atoms with E-state index in [2.05, 4.69) is 29.8 Å². The Morgan fingerprint density at radius 1 is 1.10 bits per heavy atom. The molecular weight excluding hydrogens is 460 g/mol. The van der Waals surface area contributed by atoms with Gasteiger partial charge in [0.15, 0.2) is 11.7 Å². The molecule has 0 spiro atoms. The molecule has 1 aliphatic carbocycles. The van der Waals surface area contributed by atoms with Crippen LogP contribution in [0.15, 0.2) is 70.2 Å². The molecule has 152 valence electrons. The molecule has 1 unspecified atom stereocenters. The number of halogens is 1. The fourth-order valence-corrected chi connectivity index (χ4v) is 5.96. The fourth-order valence-electron chi connectivity index (χ4n) is 4.40. The van der Waals surface area contributed by atoms with Crippen molar-refractivity contribution in [3.63, 3.8) is 0 Å². The molecule has 6 heteroatoms. The number of fused-ring (bicyclic) bond motifs is 1. The third-order valence-corrected chi connectivity index (χ3v) is 7.49. The molecule has 0 radical (unpaired) electrons. The van der Waals surface area contributed by atoms with Crippen molar-refractivity contribution in [2.75, 3.05) is 0 Å². The van der Waals surface area contributed by atoms with Crippen LogP contribution < -0.4 is 5.73 Å². The topological polar surface area (TPSA) is 65.2 Å². The van der Waals surface area contributed by atoms with Gasteiger partial charge in [0.2, 0.25) is 0 Å². The summed E-state index contributed by atoms with van der Waals surface area (Å²) in [6, 6.07) is 16.0. The molecule has 2 aliphatic rings. The number of carbonyl (C=O) groups excluding carboxylic acids is 1. The van der Waals surface area contributed by atoms with Gasteiger partial charge in [-0.3, -0.25) is 4.79 Å². The van der Waals surface area contributed by atoms with Crippen molar-refractivity contribution in [2.45, 2.75) is 32.6 Å². The minimum Gasteiger partial charge on any atom is -0.445 e. The molecule has 5 rings (SSSR count). The molecule has 1 atom stereocenters. The summed E-state index contributed by atoms with van der Waals surface area (Å²) in [5.41, 5.74) is 9.76. The maximum absolute atomic E-state index is 13.4. The number of nitrogens with two attached hydrogens (primary N) is 1. The molecular formula is C24H21BrN2O2S. The van der Waals surface area contributed by atoms with E-state index in [0.29, 0.717) is 30.1 Å². The average Bonchev–Trinajstić information content (AvgIpc) is 3.10. The molecule has 0 fully saturated rings. The number of aromatic nitrogens is 1. The third-order valence-electron chi connectivity index (χ3n) is 5.70. The molecule has 2 heterocycles. The number of nitrogens with zero attached hydrogens (tertiary/aromatic N) is 1. The number of allylic oxidation sites excluding steroid dienone is 3. The van der Waals surface area contributed by atoms with Crippen LogP contribution in [0.2, 0.25) is 0 Å². The predicted molar refractivity (Wildman–Crippen MR) is 124 cm³/mol. The van der Waals surface area contributed by atoms with E-state index in [1.165, 1.54) is 0 Å². The maximum atomic E-state index is 13.4. The molecule has 0 amide bonds. The van der Waals surface area contributed by atoms with E-state index in [-0.39, 0.29) is 17.1 Å². The lowest BCUT2D eigenvalue weighted by Crippen LogP contribution is -2.33. The SMILES string of the molecule is CC1(C)CC(=O)C2=C(C1)OC(N)=C(c1nc3ccccc3s1)C2c1ccccc1Br. The summed E-state index contributed by atoms with van der Waals surface area (Å²) in [5, 5.41) is 0.790. The summed E-state index contributed by atoms with van der Waals surface area (Å²) < 4.78 is 8.13. The summed E-state index contributed by atoms with van der Waals surface area (Å²) in [7, 11) is 0. The van der Waals surface area contributed by atoms with Crippen LogP contribution in [0.5, 0.6) is 0 Å². The number of ether oxygens (including phenoxy) is 1. The number of hydrogen-bond donors (Lipinski definition) is 1. The molecule has 1 aliphatic heterocycles. The molecule has 0 saturated heterocycles. The van der Waals surface area contributed by atoms with Gasteiger partial charge in [0.1, 0.15) is 10.8 Å². The lowest BCUT2D eigenvalue weighted by molar-refractivity contribution is -0.118. The quantitative estimate of drug-likeness (QED) is 0.477. The van der Waals surface area contributed by atoms with Crippen LogP contribution in [0.3, 0.4) is 0 Å². The van der Waals surface area contributed by atoms with E-state index < -0.39 is 0 Å². The van der Waals surface area contributed by atoms with Gasteiger partial charge in [-0.05, 0) is 29.2 Å². The Kier molecular flexibility index (Phi) is 4.60. The number of carbonyl (C=O) groups is 1. The number of rotatable bonds is 2. The number of Topliss-reactive ketones (excluding diaryl/α,β-unsaturated/α-hetero) is 1. The van der Waals surface area contributed by atoms with Gasteiger partial charge in [-0.2, -0.15) is 0 Å². The van der Waals surface area contributed by atoms with Crippen LogP contribution >= 0.6 is 27.3 Å². The predicted octanol–water partition coefficient (Wildman–Crippen LogP) is 6.14. The first-order valence-electron chi connectivity index (χ1n) is 9.88. The Morgan fingerprint density at radius 3 is 2.60 bits per heavy atom. The van der Waals surface area contributed by atoms with E-state index in [1.54, 1.807) is 11.3 Å². The molecule has 30 heavy (non-hydrogen) atoms. The van der Waals surface area contributed by atoms with Crippen molar-refractivity contribution in [1.29, 1.82) is 0 Å². The Balaban J connectivity index is 1.75. The van der Waals surface area contributed by atoms with E-state index in [9.17, 15) is 4.79 Å². The molecule has 2 N–H and O–H groups in total. The first kappa shape index (κ1) is 19.5. The first-order chi connectivity index (χ1) is 14.3. The Labute approximate surface area is 187 Å². The number of para-hydroxylation sites is 1. The number of benzene rings is 2. The molecule has 0 bridgehead atoms. The zero-order valence-corrected chi connectivity index (χ0v) is 19.1. The van der Waals surface area contributed by atoms with Crippen molar-refractivity contribution in [2.24, 2.45) is 11.1 Å². The van der Waals surface area contributed by atoms with E-state index in [1.807, 2.05) is 48.5 Å². The lowest BCUT2D eigenvalue weighted by Gasteiger charge is -2.38. The van der Waals surface area contributed by atoms with Gasteiger partial charge in [-0.25, -0.2) is 4.98 Å². The van der Waals surface area contributed by atoms with Gasteiger partial charge >= 0.3 is 0 Å². The average molecular weight is 481 g/mol. The standard InChI is InChI=1S/C24H21BrN2O2S/c1-24(2)11-16(28)20-17(12-24)29-22(26)21(19(20)13-7-3-4-8-14(13)25)23-27-15-9-5-6-10-18(15)30-23/h3-10,19H,11-12,26H2,1-2H3. The van der Waals surface area contributed by atoms with Gasteiger partial charge in [0.25, 0.3) is 0 Å². The minimum atomic E-state index is -0.312. The van der Waals surface area contributed by atoms with Gasteiger partial charge in [0, 0.05) is 22.9 Å². The smallest absolute Gasteiger partial charge is 0.197 e. The fraction of sp³-hybridized carbons (Fsp3) is 0.250.